The molecule has 0 atom stereocenters. The van der Waals surface area contributed by atoms with Gasteiger partial charge in [0, 0.05) is 30.8 Å². The Morgan fingerprint density at radius 1 is 0.410 bits per heavy atom. The maximum Gasteiger partial charge on any atom is 0.203 e. The van der Waals surface area contributed by atoms with Gasteiger partial charge in [-0.1, -0.05) is 121 Å². The third-order valence-electron chi connectivity index (χ3n) is 7.29. The van der Waals surface area contributed by atoms with E-state index < -0.39 is 14.5 Å². The minimum atomic E-state index is -2.91. The highest BCUT2D eigenvalue weighted by molar-refractivity contribution is 7.64. The number of rotatable bonds is 16. The van der Waals surface area contributed by atoms with Gasteiger partial charge in [-0.15, -0.1) is 0 Å². The van der Waals surface area contributed by atoms with Gasteiger partial charge in [-0.3, -0.25) is 4.57 Å². The van der Waals surface area contributed by atoms with Gasteiger partial charge in [0.05, 0.1) is 13.7 Å². The molecule has 0 saturated heterocycles. The molecule has 5 heteroatoms. The van der Waals surface area contributed by atoms with E-state index in [0.717, 1.165) is 24.0 Å². The van der Waals surface area contributed by atoms with Crippen LogP contribution in [0.4, 0.5) is 0 Å². The summed E-state index contributed by atoms with van der Waals surface area (Å²) >= 11 is 0. The zero-order valence-corrected chi connectivity index (χ0v) is 24.5. The maximum atomic E-state index is 14.2. The largest absolute Gasteiger partial charge is 0.328 e. The SMILES string of the molecule is O=P(CCOP(=O)(CCc1ccccc1)CCc1ccccc1)(CCc1ccccc1)CCc1ccccc1. The highest BCUT2D eigenvalue weighted by Gasteiger charge is 2.27. The van der Waals surface area contributed by atoms with Crippen molar-refractivity contribution in [3.05, 3.63) is 144 Å². The fourth-order valence-corrected chi connectivity index (χ4v) is 9.47. The molecule has 4 aromatic rings. The smallest absolute Gasteiger partial charge is 0.203 e. The second-order valence-corrected chi connectivity index (χ2v) is 16.5. The van der Waals surface area contributed by atoms with Gasteiger partial charge in [-0.2, -0.15) is 0 Å². The van der Waals surface area contributed by atoms with Crippen molar-refractivity contribution in [1.29, 1.82) is 0 Å². The van der Waals surface area contributed by atoms with E-state index in [2.05, 4.69) is 48.5 Å². The number of hydrogen-bond donors (Lipinski definition) is 0. The van der Waals surface area contributed by atoms with Crippen LogP contribution in [0.5, 0.6) is 0 Å². The fourth-order valence-electron chi connectivity index (χ4n) is 4.79. The van der Waals surface area contributed by atoms with Crippen LogP contribution in [0.25, 0.3) is 0 Å². The second-order valence-electron chi connectivity index (χ2n) is 10.3. The van der Waals surface area contributed by atoms with Gasteiger partial charge in [0.15, 0.2) is 0 Å². The number of benzene rings is 4. The Morgan fingerprint density at radius 2 is 0.718 bits per heavy atom. The van der Waals surface area contributed by atoms with Crippen LogP contribution in [0.3, 0.4) is 0 Å². The van der Waals surface area contributed by atoms with E-state index in [1.807, 2.05) is 72.8 Å². The molecule has 0 aliphatic heterocycles. The van der Waals surface area contributed by atoms with Gasteiger partial charge >= 0.3 is 0 Å². The summed E-state index contributed by atoms with van der Waals surface area (Å²) in [6.07, 6.45) is 5.76. The molecule has 39 heavy (non-hydrogen) atoms. The molecule has 0 saturated carbocycles. The summed E-state index contributed by atoms with van der Waals surface area (Å²) in [7, 11) is -5.45. The van der Waals surface area contributed by atoms with Crippen molar-refractivity contribution in [2.45, 2.75) is 25.7 Å². The molecular formula is C34H40O3P2. The molecule has 0 fully saturated rings. The lowest BCUT2D eigenvalue weighted by molar-refractivity contribution is 0.333. The predicted molar refractivity (Wildman–Crippen MR) is 166 cm³/mol. The minimum absolute atomic E-state index is 0.279. The van der Waals surface area contributed by atoms with Crippen LogP contribution in [0.2, 0.25) is 0 Å². The monoisotopic (exact) mass is 558 g/mol. The molecule has 0 radical (unpaired) electrons. The molecule has 0 aromatic heterocycles. The second kappa shape index (κ2) is 15.2. The van der Waals surface area contributed by atoms with Crippen LogP contribution in [0.15, 0.2) is 121 Å². The lowest BCUT2D eigenvalue weighted by Gasteiger charge is -2.23. The first-order valence-corrected chi connectivity index (χ1v) is 18.2. The van der Waals surface area contributed by atoms with Crippen LogP contribution >= 0.6 is 14.5 Å². The summed E-state index contributed by atoms with van der Waals surface area (Å²) in [5.41, 5.74) is 4.74. The van der Waals surface area contributed by atoms with Gasteiger partial charge in [-0.05, 0) is 47.9 Å². The highest BCUT2D eigenvalue weighted by Crippen LogP contribution is 2.51. The van der Waals surface area contributed by atoms with Gasteiger partial charge in [0.1, 0.15) is 0 Å². The van der Waals surface area contributed by atoms with Crippen LogP contribution in [-0.4, -0.2) is 37.4 Å². The lowest BCUT2D eigenvalue weighted by Crippen LogP contribution is -2.12. The standard InChI is InChI=1S/C34H40O3P2/c35-38(26-21-31-13-5-1-6-14-31,27-22-32-15-7-2-8-16-32)30-25-37-39(36,28-23-33-17-9-3-10-18-33)29-24-34-19-11-4-12-20-34/h1-20H,21-30H2. The predicted octanol–water partition coefficient (Wildman–Crippen LogP) is 8.62. The average molecular weight is 559 g/mol. The Labute approximate surface area is 234 Å². The molecular weight excluding hydrogens is 518 g/mol. The first-order chi connectivity index (χ1) is 19.0. The summed E-state index contributed by atoms with van der Waals surface area (Å²) < 4.78 is 34.6. The number of hydrogen-bond acceptors (Lipinski definition) is 3. The Morgan fingerprint density at radius 3 is 1.05 bits per heavy atom. The number of aryl methyl sites for hydroxylation is 4. The summed E-state index contributed by atoms with van der Waals surface area (Å²) in [6, 6.07) is 40.9. The van der Waals surface area contributed by atoms with E-state index in [0.29, 0.717) is 43.7 Å². The van der Waals surface area contributed by atoms with Gasteiger partial charge in [0.25, 0.3) is 0 Å². The Kier molecular flexibility index (Phi) is 11.4. The van der Waals surface area contributed by atoms with Crippen LogP contribution in [0.1, 0.15) is 22.3 Å². The fraction of sp³-hybridized carbons (Fsp3) is 0.294. The van der Waals surface area contributed by atoms with E-state index in [1.165, 1.54) is 11.1 Å². The molecule has 204 valence electrons. The third-order valence-corrected chi connectivity index (χ3v) is 12.8. The van der Waals surface area contributed by atoms with Gasteiger partial charge in [0.2, 0.25) is 7.37 Å². The van der Waals surface area contributed by atoms with E-state index in [4.69, 9.17) is 4.52 Å². The van der Waals surface area contributed by atoms with Crippen molar-refractivity contribution in [2.75, 3.05) is 37.4 Å². The quantitative estimate of drug-likeness (QED) is 0.129. The van der Waals surface area contributed by atoms with Crippen LogP contribution < -0.4 is 0 Å². The van der Waals surface area contributed by atoms with Crippen molar-refractivity contribution in [1.82, 2.24) is 0 Å². The topological polar surface area (TPSA) is 43.4 Å². The summed E-state index contributed by atoms with van der Waals surface area (Å²) in [5, 5.41) is 0. The molecule has 0 heterocycles. The molecule has 4 aromatic carbocycles. The summed E-state index contributed by atoms with van der Waals surface area (Å²) in [4.78, 5) is 0. The first-order valence-electron chi connectivity index (χ1n) is 14.0. The molecule has 0 bridgehead atoms. The van der Waals surface area contributed by atoms with Crippen molar-refractivity contribution < 1.29 is 13.7 Å². The van der Waals surface area contributed by atoms with Gasteiger partial charge in [-0.25, -0.2) is 0 Å². The average Bonchev–Trinajstić information content (AvgIpc) is 2.99. The van der Waals surface area contributed by atoms with Crippen molar-refractivity contribution >= 4 is 14.5 Å². The molecule has 0 amide bonds. The van der Waals surface area contributed by atoms with Crippen molar-refractivity contribution in [3.63, 3.8) is 0 Å². The normalized spacial score (nSPS) is 11.9. The Hall–Kier alpha value is -2.70. The maximum absolute atomic E-state index is 14.2. The minimum Gasteiger partial charge on any atom is -0.328 e. The molecule has 0 spiro atoms. The Bertz CT molecular complexity index is 1130. The third kappa shape index (κ3) is 10.4. The van der Waals surface area contributed by atoms with Crippen molar-refractivity contribution in [3.8, 4) is 0 Å². The molecule has 0 aliphatic rings. The first kappa shape index (κ1) is 29.3. The van der Waals surface area contributed by atoms with E-state index in [1.54, 1.807) is 0 Å². The van der Waals surface area contributed by atoms with E-state index >= 15 is 0 Å². The van der Waals surface area contributed by atoms with Crippen molar-refractivity contribution in [2.24, 2.45) is 0 Å². The zero-order valence-electron chi connectivity index (χ0n) is 22.7. The molecule has 4 rings (SSSR count). The lowest BCUT2D eigenvalue weighted by atomic mass is 10.2. The Balaban J connectivity index is 1.41. The molecule has 0 N–H and O–H groups in total. The zero-order chi connectivity index (χ0) is 27.2. The molecule has 3 nitrogen and oxygen atoms in total. The molecule has 0 aliphatic carbocycles. The van der Waals surface area contributed by atoms with E-state index in [-0.39, 0.29) is 6.61 Å². The van der Waals surface area contributed by atoms with E-state index in [9.17, 15) is 9.13 Å². The summed E-state index contributed by atoms with van der Waals surface area (Å²) in [6.45, 7) is 0.279. The molecule has 0 unspecified atom stereocenters. The van der Waals surface area contributed by atoms with Gasteiger partial charge < -0.3 is 9.09 Å². The summed E-state index contributed by atoms with van der Waals surface area (Å²) in [5.74, 6) is 0. The highest BCUT2D eigenvalue weighted by atomic mass is 31.2. The van der Waals surface area contributed by atoms with Crippen LogP contribution in [0, 0.1) is 0 Å². The van der Waals surface area contributed by atoms with Crippen LogP contribution in [-0.2, 0) is 39.3 Å².